The number of hydrogen-bond donors (Lipinski definition) is 0. The minimum atomic E-state index is 0.109. The van der Waals surface area contributed by atoms with E-state index in [2.05, 4.69) is 14.5 Å². The molecule has 2 saturated heterocycles. The maximum Gasteiger partial charge on any atom is 0.227 e. The van der Waals surface area contributed by atoms with Crippen LogP contribution < -0.4 is 4.90 Å². The number of amides is 1. The molecule has 1 spiro atoms. The van der Waals surface area contributed by atoms with Gasteiger partial charge in [-0.05, 0) is 25.1 Å². The summed E-state index contributed by atoms with van der Waals surface area (Å²) in [6, 6.07) is 10.0. The van der Waals surface area contributed by atoms with E-state index in [0.717, 1.165) is 44.1 Å². The monoisotopic (exact) mass is 310 g/mol. The van der Waals surface area contributed by atoms with Gasteiger partial charge in [0.05, 0.1) is 6.54 Å². The molecule has 0 N–H and O–H groups in total. The zero-order chi connectivity index (χ0) is 15.9. The summed E-state index contributed by atoms with van der Waals surface area (Å²) in [5.74, 6) is 1.35. The number of carbonyl (C=O) groups excluding carboxylic acids is 1. The smallest absolute Gasteiger partial charge is 0.227 e. The van der Waals surface area contributed by atoms with Gasteiger partial charge in [-0.25, -0.2) is 4.98 Å². The van der Waals surface area contributed by atoms with E-state index in [1.165, 1.54) is 0 Å². The van der Waals surface area contributed by atoms with Crippen LogP contribution in [-0.4, -0.2) is 40.0 Å². The van der Waals surface area contributed by atoms with Crippen LogP contribution in [0.5, 0.6) is 0 Å². The van der Waals surface area contributed by atoms with Crippen LogP contribution in [0.4, 0.5) is 5.69 Å². The van der Waals surface area contributed by atoms with Gasteiger partial charge < -0.3 is 9.47 Å². The van der Waals surface area contributed by atoms with Crippen molar-refractivity contribution in [3.8, 4) is 0 Å². The summed E-state index contributed by atoms with van der Waals surface area (Å²) >= 11 is 0. The fraction of sp³-hybridized carbons (Fsp3) is 0.444. The molecule has 0 aliphatic carbocycles. The van der Waals surface area contributed by atoms with Crippen LogP contribution >= 0.6 is 0 Å². The van der Waals surface area contributed by atoms with Crippen LogP contribution in [0.2, 0.25) is 0 Å². The molecule has 4 rings (SSSR count). The normalized spacial score (nSPS) is 24.9. The summed E-state index contributed by atoms with van der Waals surface area (Å²) in [6.07, 6.45) is 5.58. The Kier molecular flexibility index (Phi) is 3.45. The van der Waals surface area contributed by atoms with Gasteiger partial charge in [0.15, 0.2) is 0 Å². The Morgan fingerprint density at radius 3 is 2.78 bits per heavy atom. The molecule has 1 aromatic heterocycles. The molecule has 1 unspecified atom stereocenters. The molecule has 0 bridgehead atoms. The largest absolute Gasteiger partial charge is 0.337 e. The first-order valence-corrected chi connectivity index (χ1v) is 8.19. The van der Waals surface area contributed by atoms with Crippen LogP contribution in [-0.2, 0) is 18.4 Å². The molecule has 1 amide bonds. The van der Waals surface area contributed by atoms with Gasteiger partial charge in [0.1, 0.15) is 5.82 Å². The SMILES string of the molecule is Cn1ccnc1CN1CCC2(CC(=O)N(c3ccccc3)C2)C1. The van der Waals surface area contributed by atoms with Gasteiger partial charge in [0.25, 0.3) is 0 Å². The lowest BCUT2D eigenvalue weighted by molar-refractivity contribution is -0.117. The average Bonchev–Trinajstić information content (AvgIpc) is 3.22. The maximum absolute atomic E-state index is 12.5. The third-order valence-electron chi connectivity index (χ3n) is 5.19. The molecular weight excluding hydrogens is 288 g/mol. The van der Waals surface area contributed by atoms with E-state index < -0.39 is 0 Å². The van der Waals surface area contributed by atoms with E-state index >= 15 is 0 Å². The van der Waals surface area contributed by atoms with Crippen molar-refractivity contribution < 1.29 is 4.79 Å². The Bertz CT molecular complexity index is 711. The molecule has 2 aliphatic heterocycles. The van der Waals surface area contributed by atoms with E-state index in [1.54, 1.807) is 0 Å². The highest BCUT2D eigenvalue weighted by molar-refractivity contribution is 5.96. The highest BCUT2D eigenvalue weighted by Gasteiger charge is 2.47. The first-order valence-electron chi connectivity index (χ1n) is 8.19. The molecule has 2 aliphatic rings. The molecule has 1 atom stereocenters. The molecule has 120 valence electrons. The van der Waals surface area contributed by atoms with Gasteiger partial charge in [-0.3, -0.25) is 9.69 Å². The predicted octanol–water partition coefficient (Wildman–Crippen LogP) is 2.05. The van der Waals surface area contributed by atoms with Crippen LogP contribution in [0.3, 0.4) is 0 Å². The minimum Gasteiger partial charge on any atom is -0.337 e. The number of likely N-dealkylation sites (tertiary alicyclic amines) is 1. The average molecular weight is 310 g/mol. The molecule has 2 fully saturated rings. The Labute approximate surface area is 136 Å². The Morgan fingerprint density at radius 1 is 1.22 bits per heavy atom. The van der Waals surface area contributed by atoms with Crippen molar-refractivity contribution >= 4 is 11.6 Å². The second kappa shape index (κ2) is 5.49. The van der Waals surface area contributed by atoms with E-state index in [4.69, 9.17) is 0 Å². The van der Waals surface area contributed by atoms with Gasteiger partial charge in [0, 0.05) is 50.1 Å². The molecule has 0 radical (unpaired) electrons. The Hall–Kier alpha value is -2.14. The molecular formula is C18H22N4O. The summed E-state index contributed by atoms with van der Waals surface area (Å²) in [4.78, 5) is 21.3. The molecule has 0 saturated carbocycles. The molecule has 23 heavy (non-hydrogen) atoms. The van der Waals surface area contributed by atoms with Gasteiger partial charge in [0.2, 0.25) is 5.91 Å². The maximum atomic E-state index is 12.5. The fourth-order valence-electron chi connectivity index (χ4n) is 3.92. The minimum absolute atomic E-state index is 0.109. The number of benzene rings is 1. The third-order valence-corrected chi connectivity index (χ3v) is 5.19. The topological polar surface area (TPSA) is 41.4 Å². The molecule has 2 aromatic rings. The molecule has 1 aromatic carbocycles. The van der Waals surface area contributed by atoms with Crippen molar-refractivity contribution in [1.29, 1.82) is 0 Å². The quantitative estimate of drug-likeness (QED) is 0.871. The van der Waals surface area contributed by atoms with Crippen molar-refractivity contribution in [2.45, 2.75) is 19.4 Å². The van der Waals surface area contributed by atoms with Crippen molar-refractivity contribution in [3.05, 3.63) is 48.5 Å². The number of hydrogen-bond acceptors (Lipinski definition) is 3. The van der Waals surface area contributed by atoms with Crippen molar-refractivity contribution in [2.75, 3.05) is 24.5 Å². The first-order chi connectivity index (χ1) is 11.2. The van der Waals surface area contributed by atoms with Crippen LogP contribution in [0.1, 0.15) is 18.7 Å². The number of para-hydroxylation sites is 1. The van der Waals surface area contributed by atoms with E-state index in [-0.39, 0.29) is 11.3 Å². The second-order valence-electron chi connectivity index (χ2n) is 6.91. The van der Waals surface area contributed by atoms with Crippen molar-refractivity contribution in [3.63, 3.8) is 0 Å². The zero-order valence-electron chi connectivity index (χ0n) is 13.5. The number of imidazole rings is 1. The lowest BCUT2D eigenvalue weighted by Gasteiger charge is -2.24. The van der Waals surface area contributed by atoms with E-state index in [1.807, 2.05) is 54.7 Å². The number of aryl methyl sites for hydroxylation is 1. The fourth-order valence-corrected chi connectivity index (χ4v) is 3.92. The van der Waals surface area contributed by atoms with Gasteiger partial charge in [-0.15, -0.1) is 0 Å². The van der Waals surface area contributed by atoms with E-state index in [0.29, 0.717) is 6.42 Å². The summed E-state index contributed by atoms with van der Waals surface area (Å²) in [7, 11) is 2.03. The third kappa shape index (κ3) is 2.65. The zero-order valence-corrected chi connectivity index (χ0v) is 13.5. The Morgan fingerprint density at radius 2 is 2.04 bits per heavy atom. The first kappa shape index (κ1) is 14.5. The second-order valence-corrected chi connectivity index (χ2v) is 6.91. The number of rotatable bonds is 3. The van der Waals surface area contributed by atoms with Crippen molar-refractivity contribution in [2.24, 2.45) is 12.5 Å². The molecule has 3 heterocycles. The van der Waals surface area contributed by atoms with Crippen LogP contribution in [0.15, 0.2) is 42.7 Å². The number of anilines is 1. The summed E-state index contributed by atoms with van der Waals surface area (Å²) in [6.45, 7) is 3.73. The lowest BCUT2D eigenvalue weighted by Crippen LogP contribution is -2.31. The lowest BCUT2D eigenvalue weighted by atomic mass is 9.86. The van der Waals surface area contributed by atoms with Gasteiger partial charge >= 0.3 is 0 Å². The summed E-state index contributed by atoms with van der Waals surface area (Å²) in [5, 5.41) is 0. The highest BCUT2D eigenvalue weighted by Crippen LogP contribution is 2.42. The standard InChI is InChI=1S/C18H22N4O/c1-20-10-8-19-16(20)12-21-9-7-18(13-21)11-17(23)22(14-18)15-5-3-2-4-6-15/h2-6,8,10H,7,9,11-14H2,1H3. The Balaban J connectivity index is 1.46. The number of nitrogens with zero attached hydrogens (tertiary/aromatic N) is 4. The summed E-state index contributed by atoms with van der Waals surface area (Å²) in [5.41, 5.74) is 1.13. The number of carbonyl (C=O) groups is 1. The predicted molar refractivity (Wildman–Crippen MR) is 88.9 cm³/mol. The highest BCUT2D eigenvalue weighted by atomic mass is 16.2. The van der Waals surface area contributed by atoms with Crippen LogP contribution in [0.25, 0.3) is 0 Å². The van der Waals surface area contributed by atoms with Crippen molar-refractivity contribution in [1.82, 2.24) is 14.5 Å². The van der Waals surface area contributed by atoms with Gasteiger partial charge in [-0.2, -0.15) is 0 Å². The van der Waals surface area contributed by atoms with Crippen LogP contribution in [0, 0.1) is 5.41 Å². The van der Waals surface area contributed by atoms with E-state index in [9.17, 15) is 4.79 Å². The number of aromatic nitrogens is 2. The molecule has 5 heteroatoms. The summed E-state index contributed by atoms with van der Waals surface area (Å²) < 4.78 is 2.07. The van der Waals surface area contributed by atoms with Gasteiger partial charge in [-0.1, -0.05) is 18.2 Å². The molecule has 5 nitrogen and oxygen atoms in total.